The van der Waals surface area contributed by atoms with Crippen LogP contribution in [0.5, 0.6) is 0 Å². The number of ketones is 2. The zero-order chi connectivity index (χ0) is 21.3. The van der Waals surface area contributed by atoms with E-state index in [4.69, 9.17) is 0 Å². The maximum absolute atomic E-state index is 12.8. The van der Waals surface area contributed by atoms with E-state index in [1.807, 2.05) is 0 Å². The molecule has 1 aromatic carbocycles. The van der Waals surface area contributed by atoms with Gasteiger partial charge in [0.15, 0.2) is 0 Å². The highest BCUT2D eigenvalue weighted by Crippen LogP contribution is 2.39. The molecule has 0 saturated heterocycles. The lowest BCUT2D eigenvalue weighted by atomic mass is 9.70. The van der Waals surface area contributed by atoms with E-state index in [0.717, 1.165) is 31.4 Å². The molecule has 4 atom stereocenters. The second-order valence-electron chi connectivity index (χ2n) is 9.02. The molecule has 7 heteroatoms. The molecule has 0 radical (unpaired) electrons. The van der Waals surface area contributed by atoms with Gasteiger partial charge in [0.1, 0.15) is 12.1 Å². The number of carbonyl (C=O) groups excluding carboxylic acids is 2. The Morgan fingerprint density at radius 1 is 0.767 bits per heavy atom. The van der Waals surface area contributed by atoms with Crippen molar-refractivity contribution in [3.8, 4) is 0 Å². The van der Waals surface area contributed by atoms with Crippen molar-refractivity contribution in [3.63, 3.8) is 0 Å². The molecule has 2 N–H and O–H groups in total. The number of carbonyl (C=O) groups is 2. The number of Topliss-reactive ketones (excluding diaryl/α,β-unsaturated/α-hetero) is 2. The van der Waals surface area contributed by atoms with Crippen LogP contribution >= 0.6 is 0 Å². The van der Waals surface area contributed by atoms with Gasteiger partial charge in [-0.2, -0.15) is 13.2 Å². The molecule has 3 saturated carbocycles. The summed E-state index contributed by atoms with van der Waals surface area (Å²) in [6.07, 6.45) is 6.42. The predicted molar refractivity (Wildman–Crippen MR) is 108 cm³/mol. The standard InChI is InChI=1S/C23H29F3N2O2/c24-23(25,26)15-10-12-16(13-11-15)27-19-20(22(30)21(19)29)28-18-9-5-4-8-17(18)14-6-2-1-3-7-14/h10-14,17-20,27-28H,1-9H2/t17-,18?,19?,20?/m0/s1. The van der Waals surface area contributed by atoms with E-state index in [2.05, 4.69) is 10.6 Å². The van der Waals surface area contributed by atoms with Crippen LogP contribution in [0.2, 0.25) is 0 Å². The van der Waals surface area contributed by atoms with Crippen LogP contribution < -0.4 is 10.6 Å². The van der Waals surface area contributed by atoms with Gasteiger partial charge < -0.3 is 10.6 Å². The minimum absolute atomic E-state index is 0.223. The van der Waals surface area contributed by atoms with E-state index in [9.17, 15) is 22.8 Å². The lowest BCUT2D eigenvalue weighted by Gasteiger charge is -2.44. The molecule has 4 nitrogen and oxygen atoms in total. The van der Waals surface area contributed by atoms with Gasteiger partial charge in [-0.1, -0.05) is 44.9 Å². The van der Waals surface area contributed by atoms with Crippen LogP contribution in [-0.2, 0) is 15.8 Å². The van der Waals surface area contributed by atoms with Crippen molar-refractivity contribution in [1.29, 1.82) is 0 Å². The first kappa shape index (κ1) is 21.3. The Kier molecular flexibility index (Phi) is 6.19. The molecule has 0 bridgehead atoms. The highest BCUT2D eigenvalue weighted by atomic mass is 19.4. The SMILES string of the molecule is O=C1C(=O)C(NC2CCCC[C@H]2C2CCCCC2)C1Nc1ccc(C(F)(F)F)cc1. The summed E-state index contributed by atoms with van der Waals surface area (Å²) in [4.78, 5) is 24.5. The smallest absolute Gasteiger partial charge is 0.373 e. The summed E-state index contributed by atoms with van der Waals surface area (Å²) in [6, 6.07) is 3.48. The summed E-state index contributed by atoms with van der Waals surface area (Å²) in [5.41, 5.74) is -0.329. The molecule has 1 aromatic rings. The fourth-order valence-corrected chi connectivity index (χ4v) is 5.49. The summed E-state index contributed by atoms with van der Waals surface area (Å²) < 4.78 is 38.3. The number of hydrogen-bond acceptors (Lipinski definition) is 4. The minimum Gasteiger partial charge on any atom is -0.373 e. The summed E-state index contributed by atoms with van der Waals surface area (Å²) in [5.74, 6) is 0.294. The van der Waals surface area contributed by atoms with Gasteiger partial charge in [0.05, 0.1) is 5.56 Å². The van der Waals surface area contributed by atoms with E-state index in [1.54, 1.807) is 0 Å². The maximum Gasteiger partial charge on any atom is 0.416 e. The number of benzene rings is 1. The van der Waals surface area contributed by atoms with E-state index in [0.29, 0.717) is 17.5 Å². The summed E-state index contributed by atoms with van der Waals surface area (Å²) in [6.45, 7) is 0. The van der Waals surface area contributed by atoms with Crippen LogP contribution in [0.4, 0.5) is 18.9 Å². The Morgan fingerprint density at radius 2 is 1.37 bits per heavy atom. The highest BCUT2D eigenvalue weighted by molar-refractivity contribution is 6.49. The Labute approximate surface area is 175 Å². The van der Waals surface area contributed by atoms with Gasteiger partial charge in [-0.25, -0.2) is 0 Å². The molecule has 3 aliphatic rings. The van der Waals surface area contributed by atoms with Gasteiger partial charge in [0, 0.05) is 11.7 Å². The number of anilines is 1. The molecule has 3 unspecified atom stereocenters. The Bertz CT molecular complexity index is 772. The number of rotatable bonds is 5. The van der Waals surface area contributed by atoms with Crippen LogP contribution in [0.15, 0.2) is 24.3 Å². The molecule has 164 valence electrons. The number of nitrogens with one attached hydrogen (secondary N) is 2. The van der Waals surface area contributed by atoms with E-state index in [1.165, 1.54) is 50.7 Å². The fourth-order valence-electron chi connectivity index (χ4n) is 5.49. The van der Waals surface area contributed by atoms with Crippen molar-refractivity contribution in [2.75, 3.05) is 5.32 Å². The van der Waals surface area contributed by atoms with Crippen molar-refractivity contribution < 1.29 is 22.8 Å². The quantitative estimate of drug-likeness (QED) is 0.674. The second-order valence-corrected chi connectivity index (χ2v) is 9.02. The van der Waals surface area contributed by atoms with Gasteiger partial charge in [-0.3, -0.25) is 9.59 Å². The summed E-state index contributed by atoms with van der Waals surface area (Å²) >= 11 is 0. The fraction of sp³-hybridized carbons (Fsp3) is 0.652. The maximum atomic E-state index is 12.8. The highest BCUT2D eigenvalue weighted by Gasteiger charge is 2.50. The molecular formula is C23H29F3N2O2. The third-order valence-corrected chi connectivity index (χ3v) is 7.14. The predicted octanol–water partition coefficient (Wildman–Crippen LogP) is 4.74. The molecular weight excluding hydrogens is 393 g/mol. The van der Waals surface area contributed by atoms with Crippen LogP contribution in [0.3, 0.4) is 0 Å². The third-order valence-electron chi connectivity index (χ3n) is 7.14. The van der Waals surface area contributed by atoms with E-state index in [-0.39, 0.29) is 6.04 Å². The average Bonchev–Trinajstić information content (AvgIpc) is 2.76. The van der Waals surface area contributed by atoms with Gasteiger partial charge in [-0.05, 0) is 48.9 Å². The van der Waals surface area contributed by atoms with Crippen molar-refractivity contribution in [2.24, 2.45) is 11.8 Å². The normalized spacial score (nSPS) is 30.8. The number of hydrogen-bond donors (Lipinski definition) is 2. The van der Waals surface area contributed by atoms with Crippen LogP contribution in [0.25, 0.3) is 0 Å². The average molecular weight is 422 g/mol. The largest absolute Gasteiger partial charge is 0.416 e. The molecule has 30 heavy (non-hydrogen) atoms. The van der Waals surface area contributed by atoms with Gasteiger partial charge >= 0.3 is 6.18 Å². The van der Waals surface area contributed by atoms with Crippen LogP contribution in [0.1, 0.15) is 63.4 Å². The zero-order valence-electron chi connectivity index (χ0n) is 17.0. The van der Waals surface area contributed by atoms with Crippen LogP contribution in [0, 0.1) is 11.8 Å². The van der Waals surface area contributed by atoms with E-state index < -0.39 is 35.4 Å². The molecule has 0 amide bonds. The first-order valence-electron chi connectivity index (χ1n) is 11.1. The van der Waals surface area contributed by atoms with Crippen molar-refractivity contribution in [3.05, 3.63) is 29.8 Å². The molecule has 4 rings (SSSR count). The number of halogens is 3. The third kappa shape index (κ3) is 4.41. The van der Waals surface area contributed by atoms with Gasteiger partial charge in [0.25, 0.3) is 0 Å². The Hall–Kier alpha value is -1.89. The van der Waals surface area contributed by atoms with Gasteiger partial charge in [-0.15, -0.1) is 0 Å². The second kappa shape index (κ2) is 8.69. The first-order valence-corrected chi connectivity index (χ1v) is 11.1. The number of alkyl halides is 3. The summed E-state index contributed by atoms with van der Waals surface area (Å²) in [5, 5.41) is 6.45. The summed E-state index contributed by atoms with van der Waals surface area (Å²) in [7, 11) is 0. The molecule has 0 heterocycles. The van der Waals surface area contributed by atoms with Crippen LogP contribution in [-0.4, -0.2) is 29.7 Å². The molecule has 3 aliphatic carbocycles. The molecule has 0 spiro atoms. The molecule has 0 aromatic heterocycles. The molecule has 0 aliphatic heterocycles. The lowest BCUT2D eigenvalue weighted by molar-refractivity contribution is -0.146. The van der Waals surface area contributed by atoms with Crippen molar-refractivity contribution in [1.82, 2.24) is 5.32 Å². The Balaban J connectivity index is 1.42. The topological polar surface area (TPSA) is 58.2 Å². The lowest BCUT2D eigenvalue weighted by Crippen LogP contribution is -2.69. The van der Waals surface area contributed by atoms with Crippen molar-refractivity contribution >= 4 is 17.3 Å². The zero-order valence-corrected chi connectivity index (χ0v) is 17.0. The first-order chi connectivity index (χ1) is 14.3. The molecule has 3 fully saturated rings. The Morgan fingerprint density at radius 3 is 2.03 bits per heavy atom. The van der Waals surface area contributed by atoms with Gasteiger partial charge in [0.2, 0.25) is 11.6 Å². The van der Waals surface area contributed by atoms with E-state index >= 15 is 0 Å². The van der Waals surface area contributed by atoms with Crippen molar-refractivity contribution in [2.45, 2.75) is 82.1 Å². The monoisotopic (exact) mass is 422 g/mol. The minimum atomic E-state index is -4.40.